The molecule has 0 spiro atoms. The minimum Gasteiger partial charge on any atom is -0.320 e. The van der Waals surface area contributed by atoms with Crippen LogP contribution in [-0.4, -0.2) is 15.3 Å². The van der Waals surface area contributed by atoms with Crippen molar-refractivity contribution in [2.75, 3.05) is 5.32 Å². The average molecular weight is 358 g/mol. The molecule has 3 aromatic rings. The van der Waals surface area contributed by atoms with E-state index in [0.717, 1.165) is 32.6 Å². The van der Waals surface area contributed by atoms with Gasteiger partial charge >= 0.3 is 0 Å². The highest BCUT2D eigenvalue weighted by molar-refractivity contribution is 9.10. The number of aryl methyl sites for hydroxylation is 3. The van der Waals surface area contributed by atoms with Gasteiger partial charge in [0.15, 0.2) is 0 Å². The molecular weight excluding hydrogens is 342 g/mol. The lowest BCUT2D eigenvalue weighted by molar-refractivity contribution is 0.102. The molecule has 22 heavy (non-hydrogen) atoms. The molecule has 0 aliphatic carbocycles. The Hall–Kier alpha value is -2.14. The van der Waals surface area contributed by atoms with Gasteiger partial charge in [0.2, 0.25) is 0 Å². The summed E-state index contributed by atoms with van der Waals surface area (Å²) in [5, 5.41) is 2.97. The van der Waals surface area contributed by atoms with Crippen LogP contribution in [0.4, 0.5) is 5.69 Å². The molecule has 2 heterocycles. The van der Waals surface area contributed by atoms with E-state index in [2.05, 4.69) is 26.2 Å². The topological polar surface area (TPSA) is 46.4 Å². The zero-order valence-electron chi connectivity index (χ0n) is 12.6. The summed E-state index contributed by atoms with van der Waals surface area (Å²) >= 11 is 3.43. The number of benzene rings is 1. The van der Waals surface area contributed by atoms with Gasteiger partial charge in [-0.05, 0) is 56.2 Å². The molecule has 1 N–H and O–H groups in total. The van der Waals surface area contributed by atoms with Crippen LogP contribution < -0.4 is 5.32 Å². The molecule has 1 amide bonds. The van der Waals surface area contributed by atoms with E-state index < -0.39 is 0 Å². The van der Waals surface area contributed by atoms with Crippen molar-refractivity contribution in [1.82, 2.24) is 9.38 Å². The minimum atomic E-state index is -0.152. The monoisotopic (exact) mass is 357 g/mol. The maximum Gasteiger partial charge on any atom is 0.274 e. The molecule has 0 unspecified atom stereocenters. The van der Waals surface area contributed by atoms with Crippen LogP contribution in [0, 0.1) is 20.8 Å². The molecule has 0 fully saturated rings. The normalized spacial score (nSPS) is 10.9. The number of amides is 1. The van der Waals surface area contributed by atoms with Crippen LogP contribution in [0.5, 0.6) is 0 Å². The highest BCUT2D eigenvalue weighted by Crippen LogP contribution is 2.22. The Kier molecular flexibility index (Phi) is 3.74. The van der Waals surface area contributed by atoms with Crippen LogP contribution in [0.15, 0.2) is 41.0 Å². The molecule has 1 aromatic carbocycles. The fraction of sp³-hybridized carbons (Fsp3) is 0.176. The number of nitrogens with one attached hydrogen (secondary N) is 1. The van der Waals surface area contributed by atoms with Gasteiger partial charge in [-0.25, -0.2) is 4.98 Å². The van der Waals surface area contributed by atoms with Gasteiger partial charge in [-0.15, -0.1) is 0 Å². The van der Waals surface area contributed by atoms with Gasteiger partial charge in [0.25, 0.3) is 5.91 Å². The first-order chi connectivity index (χ1) is 10.5. The highest BCUT2D eigenvalue weighted by Gasteiger charge is 2.18. The van der Waals surface area contributed by atoms with Gasteiger partial charge in [-0.1, -0.05) is 22.0 Å². The van der Waals surface area contributed by atoms with Crippen LogP contribution in [0.25, 0.3) is 5.65 Å². The van der Waals surface area contributed by atoms with E-state index in [9.17, 15) is 4.79 Å². The molecule has 112 valence electrons. The first-order valence-electron chi connectivity index (χ1n) is 6.99. The second-order valence-corrected chi connectivity index (χ2v) is 6.26. The molecular formula is C17H16BrN3O. The number of aromatic nitrogens is 2. The quantitative estimate of drug-likeness (QED) is 0.744. The van der Waals surface area contributed by atoms with E-state index in [1.807, 2.05) is 61.7 Å². The van der Waals surface area contributed by atoms with Gasteiger partial charge in [-0.2, -0.15) is 0 Å². The Morgan fingerprint density at radius 2 is 1.95 bits per heavy atom. The van der Waals surface area contributed by atoms with Gasteiger partial charge in [0.05, 0.1) is 5.69 Å². The summed E-state index contributed by atoms with van der Waals surface area (Å²) < 4.78 is 2.83. The Balaban J connectivity index is 2.02. The second kappa shape index (κ2) is 5.57. The van der Waals surface area contributed by atoms with Crippen molar-refractivity contribution in [3.05, 3.63) is 63.5 Å². The number of fused-ring (bicyclic) bond motifs is 1. The molecule has 0 saturated carbocycles. The molecule has 0 aliphatic rings. The predicted molar refractivity (Wildman–Crippen MR) is 91.5 cm³/mol. The summed E-state index contributed by atoms with van der Waals surface area (Å²) in [6, 6.07) is 9.68. The van der Waals surface area contributed by atoms with Crippen LogP contribution in [-0.2, 0) is 0 Å². The lowest BCUT2D eigenvalue weighted by Crippen LogP contribution is -2.16. The van der Waals surface area contributed by atoms with E-state index >= 15 is 0 Å². The molecule has 2 aromatic heterocycles. The van der Waals surface area contributed by atoms with E-state index in [1.165, 1.54) is 0 Å². The standard InChI is InChI=1S/C17H16BrN3O/c1-10-5-4-8-21-15(12(3)19-16(10)21)17(22)20-14-7-6-13(18)9-11(14)2/h4-9H,1-3H3,(H,20,22). The van der Waals surface area contributed by atoms with Crippen LogP contribution in [0.3, 0.4) is 0 Å². The number of anilines is 1. The first kappa shape index (κ1) is 14.8. The summed E-state index contributed by atoms with van der Waals surface area (Å²) in [6.07, 6.45) is 1.87. The Labute approximate surface area is 137 Å². The summed E-state index contributed by atoms with van der Waals surface area (Å²) in [4.78, 5) is 17.2. The third-order valence-electron chi connectivity index (χ3n) is 3.67. The molecule has 0 radical (unpaired) electrons. The summed E-state index contributed by atoms with van der Waals surface area (Å²) in [5.41, 5.74) is 4.96. The SMILES string of the molecule is Cc1cc(Br)ccc1NC(=O)c1c(C)nc2c(C)cccn12. The summed E-state index contributed by atoms with van der Waals surface area (Å²) in [6.45, 7) is 5.81. The first-order valence-corrected chi connectivity index (χ1v) is 7.78. The molecule has 4 nitrogen and oxygen atoms in total. The van der Waals surface area contributed by atoms with Crippen molar-refractivity contribution < 1.29 is 4.79 Å². The summed E-state index contributed by atoms with van der Waals surface area (Å²) in [5.74, 6) is -0.152. The molecule has 0 saturated heterocycles. The Morgan fingerprint density at radius 1 is 1.18 bits per heavy atom. The number of carbonyl (C=O) groups excluding carboxylic acids is 1. The van der Waals surface area contributed by atoms with E-state index in [-0.39, 0.29) is 5.91 Å². The smallest absolute Gasteiger partial charge is 0.274 e. The van der Waals surface area contributed by atoms with Crippen molar-refractivity contribution >= 4 is 33.2 Å². The number of nitrogens with zero attached hydrogens (tertiary/aromatic N) is 2. The Bertz CT molecular complexity index is 883. The fourth-order valence-corrected chi connectivity index (χ4v) is 3.02. The molecule has 3 rings (SSSR count). The van der Waals surface area contributed by atoms with Crippen molar-refractivity contribution in [2.24, 2.45) is 0 Å². The lowest BCUT2D eigenvalue weighted by atomic mass is 10.2. The molecule has 5 heteroatoms. The average Bonchev–Trinajstić information content (AvgIpc) is 2.80. The van der Waals surface area contributed by atoms with Gasteiger partial charge in [0, 0.05) is 16.4 Å². The van der Waals surface area contributed by atoms with E-state index in [4.69, 9.17) is 0 Å². The lowest BCUT2D eigenvalue weighted by Gasteiger charge is -2.09. The van der Waals surface area contributed by atoms with E-state index in [1.54, 1.807) is 0 Å². The van der Waals surface area contributed by atoms with Crippen LogP contribution in [0.1, 0.15) is 27.3 Å². The van der Waals surface area contributed by atoms with Crippen molar-refractivity contribution in [1.29, 1.82) is 0 Å². The Morgan fingerprint density at radius 3 is 2.68 bits per heavy atom. The predicted octanol–water partition coefficient (Wildman–Crippen LogP) is 4.27. The number of hydrogen-bond donors (Lipinski definition) is 1. The number of hydrogen-bond acceptors (Lipinski definition) is 2. The highest BCUT2D eigenvalue weighted by atomic mass is 79.9. The third kappa shape index (κ3) is 2.52. The second-order valence-electron chi connectivity index (χ2n) is 5.34. The number of rotatable bonds is 2. The van der Waals surface area contributed by atoms with E-state index in [0.29, 0.717) is 5.69 Å². The number of carbonyl (C=O) groups is 1. The maximum absolute atomic E-state index is 12.7. The summed E-state index contributed by atoms with van der Waals surface area (Å²) in [7, 11) is 0. The number of halogens is 1. The molecule has 0 bridgehead atoms. The minimum absolute atomic E-state index is 0.152. The third-order valence-corrected chi connectivity index (χ3v) is 4.16. The van der Waals surface area contributed by atoms with Gasteiger partial charge in [0.1, 0.15) is 11.3 Å². The van der Waals surface area contributed by atoms with Gasteiger partial charge < -0.3 is 5.32 Å². The van der Waals surface area contributed by atoms with Crippen molar-refractivity contribution in [2.45, 2.75) is 20.8 Å². The van der Waals surface area contributed by atoms with Crippen LogP contribution in [0.2, 0.25) is 0 Å². The zero-order chi connectivity index (χ0) is 15.9. The zero-order valence-corrected chi connectivity index (χ0v) is 14.2. The number of imidazole rings is 1. The number of pyridine rings is 1. The van der Waals surface area contributed by atoms with Gasteiger partial charge in [-0.3, -0.25) is 9.20 Å². The molecule has 0 atom stereocenters. The maximum atomic E-state index is 12.7. The molecule has 0 aliphatic heterocycles. The fourth-order valence-electron chi connectivity index (χ4n) is 2.54. The largest absolute Gasteiger partial charge is 0.320 e. The van der Waals surface area contributed by atoms with Crippen molar-refractivity contribution in [3.63, 3.8) is 0 Å². The van der Waals surface area contributed by atoms with Crippen molar-refractivity contribution in [3.8, 4) is 0 Å². The van der Waals surface area contributed by atoms with Crippen LogP contribution >= 0.6 is 15.9 Å².